The first kappa shape index (κ1) is 19.4. The predicted octanol–water partition coefficient (Wildman–Crippen LogP) is 4.09. The standard InChI is InChI=1S/C22H22O6/c1-5-27-17-8-6-15(7-9-17)18-13-16(22(23)28-18)10-14-11-19(24-2)21(26-4)20(12-14)25-3/h6-13H,5H2,1-4H3. The lowest BCUT2D eigenvalue weighted by Gasteiger charge is -2.12. The van der Waals surface area contributed by atoms with E-state index in [1.165, 1.54) is 0 Å². The third-order valence-electron chi connectivity index (χ3n) is 4.18. The highest BCUT2D eigenvalue weighted by Gasteiger charge is 2.22. The van der Waals surface area contributed by atoms with Crippen LogP contribution < -0.4 is 18.9 Å². The van der Waals surface area contributed by atoms with E-state index in [1.807, 2.05) is 31.2 Å². The number of carbonyl (C=O) groups excluding carboxylic acids is 1. The Hall–Kier alpha value is -3.41. The molecule has 0 fully saturated rings. The molecule has 0 spiro atoms. The van der Waals surface area contributed by atoms with Crippen molar-refractivity contribution in [3.05, 3.63) is 59.2 Å². The zero-order valence-electron chi connectivity index (χ0n) is 16.3. The zero-order chi connectivity index (χ0) is 20.1. The molecular formula is C22H22O6. The number of benzene rings is 2. The van der Waals surface area contributed by atoms with Crippen LogP contribution >= 0.6 is 0 Å². The average molecular weight is 382 g/mol. The quantitative estimate of drug-likeness (QED) is 0.531. The van der Waals surface area contributed by atoms with Gasteiger partial charge in [0.25, 0.3) is 0 Å². The smallest absolute Gasteiger partial charge is 0.343 e. The van der Waals surface area contributed by atoms with Crippen molar-refractivity contribution in [2.45, 2.75) is 6.92 Å². The van der Waals surface area contributed by atoms with E-state index in [0.717, 1.165) is 16.9 Å². The number of cyclic esters (lactones) is 1. The van der Waals surface area contributed by atoms with E-state index in [-0.39, 0.29) is 0 Å². The maximum absolute atomic E-state index is 12.3. The summed E-state index contributed by atoms with van der Waals surface area (Å²) >= 11 is 0. The van der Waals surface area contributed by atoms with Crippen LogP contribution in [0.15, 0.2) is 48.0 Å². The molecule has 6 heteroatoms. The normalized spacial score (nSPS) is 14.5. The monoisotopic (exact) mass is 382 g/mol. The summed E-state index contributed by atoms with van der Waals surface area (Å²) in [6.07, 6.45) is 3.43. The highest BCUT2D eigenvalue weighted by Crippen LogP contribution is 2.39. The lowest BCUT2D eigenvalue weighted by molar-refractivity contribution is -0.130. The molecule has 1 aliphatic rings. The van der Waals surface area contributed by atoms with Gasteiger partial charge in [0.05, 0.1) is 33.5 Å². The number of hydrogen-bond donors (Lipinski definition) is 0. The van der Waals surface area contributed by atoms with Crippen LogP contribution in [0.5, 0.6) is 23.0 Å². The van der Waals surface area contributed by atoms with Gasteiger partial charge >= 0.3 is 5.97 Å². The molecule has 0 N–H and O–H groups in total. The maximum Gasteiger partial charge on any atom is 0.343 e. The van der Waals surface area contributed by atoms with Crippen LogP contribution in [0, 0.1) is 0 Å². The Morgan fingerprint density at radius 3 is 2.14 bits per heavy atom. The van der Waals surface area contributed by atoms with Gasteiger partial charge < -0.3 is 23.7 Å². The molecule has 2 aromatic rings. The van der Waals surface area contributed by atoms with Gasteiger partial charge in [0.1, 0.15) is 11.5 Å². The molecule has 6 nitrogen and oxygen atoms in total. The van der Waals surface area contributed by atoms with E-state index in [2.05, 4.69) is 0 Å². The van der Waals surface area contributed by atoms with Crippen LogP contribution in [0.1, 0.15) is 18.1 Å². The van der Waals surface area contributed by atoms with Gasteiger partial charge in [-0.2, -0.15) is 0 Å². The summed E-state index contributed by atoms with van der Waals surface area (Å²) < 4.78 is 26.9. The van der Waals surface area contributed by atoms with Crippen molar-refractivity contribution in [1.29, 1.82) is 0 Å². The molecule has 0 saturated heterocycles. The fraction of sp³-hybridized carbons (Fsp3) is 0.227. The Bertz CT molecular complexity index is 900. The second-order valence-electron chi connectivity index (χ2n) is 5.91. The number of hydrogen-bond acceptors (Lipinski definition) is 6. The largest absolute Gasteiger partial charge is 0.494 e. The number of rotatable bonds is 7. The Balaban J connectivity index is 1.93. The van der Waals surface area contributed by atoms with E-state index in [0.29, 0.717) is 35.2 Å². The van der Waals surface area contributed by atoms with Crippen molar-refractivity contribution in [2.75, 3.05) is 27.9 Å². The van der Waals surface area contributed by atoms with Gasteiger partial charge in [-0.05, 0) is 61.0 Å². The van der Waals surface area contributed by atoms with Gasteiger partial charge in [-0.25, -0.2) is 4.79 Å². The molecule has 1 aliphatic heterocycles. The molecule has 0 amide bonds. The second kappa shape index (κ2) is 8.52. The minimum absolute atomic E-state index is 0.419. The molecule has 0 saturated carbocycles. The third-order valence-corrected chi connectivity index (χ3v) is 4.18. The molecule has 0 atom stereocenters. The van der Waals surface area contributed by atoms with Gasteiger partial charge in [0, 0.05) is 5.56 Å². The summed E-state index contributed by atoms with van der Waals surface area (Å²) in [4.78, 5) is 12.3. The zero-order valence-corrected chi connectivity index (χ0v) is 16.3. The van der Waals surface area contributed by atoms with E-state index in [1.54, 1.807) is 45.6 Å². The van der Waals surface area contributed by atoms with Crippen LogP contribution in [-0.2, 0) is 9.53 Å². The Morgan fingerprint density at radius 1 is 0.964 bits per heavy atom. The van der Waals surface area contributed by atoms with Gasteiger partial charge in [-0.15, -0.1) is 0 Å². The first-order valence-electron chi connectivity index (χ1n) is 8.78. The van der Waals surface area contributed by atoms with Crippen molar-refractivity contribution in [3.8, 4) is 23.0 Å². The fourth-order valence-corrected chi connectivity index (χ4v) is 2.88. The summed E-state index contributed by atoms with van der Waals surface area (Å²) in [6.45, 7) is 2.52. The maximum atomic E-state index is 12.3. The minimum atomic E-state index is -0.419. The molecule has 0 aromatic heterocycles. The van der Waals surface area contributed by atoms with E-state index >= 15 is 0 Å². The van der Waals surface area contributed by atoms with Gasteiger partial charge in [0.2, 0.25) is 5.75 Å². The Morgan fingerprint density at radius 2 is 1.61 bits per heavy atom. The second-order valence-corrected chi connectivity index (χ2v) is 5.91. The van der Waals surface area contributed by atoms with Crippen LogP contribution in [0.4, 0.5) is 0 Å². The first-order chi connectivity index (χ1) is 13.6. The first-order valence-corrected chi connectivity index (χ1v) is 8.78. The SMILES string of the molecule is CCOc1ccc(C2=CC(=Cc3cc(OC)c(OC)c(OC)c3)C(=O)O2)cc1. The molecule has 146 valence electrons. The van der Waals surface area contributed by atoms with Gasteiger partial charge in [-0.3, -0.25) is 0 Å². The summed E-state index contributed by atoms with van der Waals surface area (Å²) in [7, 11) is 4.63. The number of ether oxygens (including phenoxy) is 5. The van der Waals surface area contributed by atoms with Gasteiger partial charge in [0.15, 0.2) is 11.5 Å². The third kappa shape index (κ3) is 3.96. The van der Waals surface area contributed by atoms with Gasteiger partial charge in [-0.1, -0.05) is 0 Å². The number of carbonyl (C=O) groups is 1. The number of esters is 1. The summed E-state index contributed by atoms with van der Waals surface area (Å²) in [5.74, 6) is 2.35. The molecule has 0 bridgehead atoms. The molecule has 1 heterocycles. The lowest BCUT2D eigenvalue weighted by atomic mass is 10.1. The molecule has 0 unspecified atom stereocenters. The Labute approximate surface area is 163 Å². The number of methoxy groups -OCH3 is 3. The van der Waals surface area contributed by atoms with Crippen molar-refractivity contribution in [3.63, 3.8) is 0 Å². The van der Waals surface area contributed by atoms with Crippen LogP contribution in [-0.4, -0.2) is 33.9 Å². The minimum Gasteiger partial charge on any atom is -0.494 e. The molecular weight excluding hydrogens is 360 g/mol. The van der Waals surface area contributed by atoms with E-state index < -0.39 is 5.97 Å². The van der Waals surface area contributed by atoms with E-state index in [4.69, 9.17) is 23.7 Å². The fourth-order valence-electron chi connectivity index (χ4n) is 2.88. The summed E-state index contributed by atoms with van der Waals surface area (Å²) in [5, 5.41) is 0. The highest BCUT2D eigenvalue weighted by atomic mass is 16.5. The molecule has 28 heavy (non-hydrogen) atoms. The van der Waals surface area contributed by atoms with E-state index in [9.17, 15) is 4.79 Å². The molecule has 2 aromatic carbocycles. The topological polar surface area (TPSA) is 63.2 Å². The van der Waals surface area contributed by atoms with Crippen molar-refractivity contribution in [2.24, 2.45) is 0 Å². The molecule has 0 radical (unpaired) electrons. The van der Waals surface area contributed by atoms with Crippen LogP contribution in [0.25, 0.3) is 11.8 Å². The average Bonchev–Trinajstić information content (AvgIpc) is 3.08. The van der Waals surface area contributed by atoms with Crippen LogP contribution in [0.2, 0.25) is 0 Å². The lowest BCUT2D eigenvalue weighted by Crippen LogP contribution is -1.98. The molecule has 0 aliphatic carbocycles. The predicted molar refractivity (Wildman–Crippen MR) is 106 cm³/mol. The van der Waals surface area contributed by atoms with Crippen molar-refractivity contribution >= 4 is 17.8 Å². The highest BCUT2D eigenvalue weighted by molar-refractivity contribution is 6.05. The summed E-state index contributed by atoms with van der Waals surface area (Å²) in [5.41, 5.74) is 1.95. The van der Waals surface area contributed by atoms with Crippen molar-refractivity contribution < 1.29 is 28.5 Å². The van der Waals surface area contributed by atoms with Crippen molar-refractivity contribution in [1.82, 2.24) is 0 Å². The Kier molecular flexibility index (Phi) is 5.89. The molecule has 3 rings (SSSR count). The summed E-state index contributed by atoms with van der Waals surface area (Å²) in [6, 6.07) is 10.9. The van der Waals surface area contributed by atoms with Crippen LogP contribution in [0.3, 0.4) is 0 Å².